The summed E-state index contributed by atoms with van der Waals surface area (Å²) in [6.07, 6.45) is 0.0375. The second kappa shape index (κ2) is 10.4. The summed E-state index contributed by atoms with van der Waals surface area (Å²) in [6.45, 7) is 6.32. The molecule has 0 bridgehead atoms. The quantitative estimate of drug-likeness (QED) is 0.495. The summed E-state index contributed by atoms with van der Waals surface area (Å²) in [5.41, 5.74) is 2.99. The minimum atomic E-state index is -1.04. The van der Waals surface area contributed by atoms with E-state index < -0.39 is 17.5 Å². The van der Waals surface area contributed by atoms with E-state index in [1.54, 1.807) is 4.57 Å². The molecule has 0 radical (unpaired) electrons. The Bertz CT molecular complexity index is 1150. The maximum Gasteiger partial charge on any atom is 0.234 e. The van der Waals surface area contributed by atoms with Crippen LogP contribution in [0.4, 0.5) is 20.2 Å². The maximum absolute atomic E-state index is 13.3. The average Bonchev–Trinajstić information content (AvgIpc) is 3.12. The van der Waals surface area contributed by atoms with E-state index in [1.165, 1.54) is 6.07 Å². The highest BCUT2D eigenvalue weighted by Crippen LogP contribution is 2.20. The van der Waals surface area contributed by atoms with Gasteiger partial charge in [0, 0.05) is 24.0 Å². The fourth-order valence-corrected chi connectivity index (χ4v) is 3.89. The van der Waals surface area contributed by atoms with Crippen LogP contribution < -0.4 is 10.6 Å². The molecule has 0 aliphatic heterocycles. The Labute approximate surface area is 188 Å². The van der Waals surface area contributed by atoms with Crippen molar-refractivity contribution in [1.82, 2.24) is 14.8 Å². The predicted molar refractivity (Wildman–Crippen MR) is 120 cm³/mol. The molecule has 2 aromatic carbocycles. The molecule has 7 nitrogen and oxygen atoms in total. The van der Waals surface area contributed by atoms with Gasteiger partial charge in [-0.2, -0.15) is 0 Å². The Morgan fingerprint density at radius 3 is 2.47 bits per heavy atom. The molecule has 0 atom stereocenters. The number of aromatic nitrogens is 3. The van der Waals surface area contributed by atoms with E-state index in [2.05, 4.69) is 20.8 Å². The van der Waals surface area contributed by atoms with Crippen LogP contribution in [0.3, 0.4) is 0 Å². The van der Waals surface area contributed by atoms with Crippen LogP contribution >= 0.6 is 11.8 Å². The van der Waals surface area contributed by atoms with E-state index in [0.717, 1.165) is 40.7 Å². The van der Waals surface area contributed by atoms with Crippen LogP contribution in [0.1, 0.15) is 23.9 Å². The van der Waals surface area contributed by atoms with Crippen molar-refractivity contribution in [3.05, 3.63) is 65.0 Å². The molecule has 3 aromatic rings. The zero-order valence-corrected chi connectivity index (χ0v) is 18.7. The van der Waals surface area contributed by atoms with Gasteiger partial charge in [-0.1, -0.05) is 29.5 Å². The number of aryl methyl sites for hydroxylation is 2. The molecule has 0 spiro atoms. The largest absolute Gasteiger partial charge is 0.325 e. The number of anilines is 2. The predicted octanol–water partition coefficient (Wildman–Crippen LogP) is 4.11. The van der Waals surface area contributed by atoms with Crippen molar-refractivity contribution in [2.45, 2.75) is 38.9 Å². The molecule has 1 heterocycles. The van der Waals surface area contributed by atoms with E-state index in [9.17, 15) is 18.4 Å². The van der Waals surface area contributed by atoms with Crippen LogP contribution in [0.25, 0.3) is 0 Å². The minimum absolute atomic E-state index is 0.00805. The molecule has 32 heavy (non-hydrogen) atoms. The number of rotatable bonds is 8. The molecule has 3 rings (SSSR count). The molecule has 0 aliphatic carbocycles. The lowest BCUT2D eigenvalue weighted by Gasteiger charge is -2.10. The van der Waals surface area contributed by atoms with Crippen molar-refractivity contribution < 1.29 is 18.4 Å². The molecule has 0 fully saturated rings. The first kappa shape index (κ1) is 23.4. The zero-order valence-electron chi connectivity index (χ0n) is 17.9. The Morgan fingerprint density at radius 1 is 1.00 bits per heavy atom. The minimum Gasteiger partial charge on any atom is -0.325 e. The molecular weight excluding hydrogens is 436 g/mol. The van der Waals surface area contributed by atoms with Gasteiger partial charge in [0.05, 0.1) is 12.2 Å². The van der Waals surface area contributed by atoms with E-state index in [1.807, 2.05) is 39.0 Å². The first-order valence-corrected chi connectivity index (χ1v) is 10.9. The number of carbonyl (C=O) groups excluding carboxylic acids is 2. The summed E-state index contributed by atoms with van der Waals surface area (Å²) >= 11 is 1.14. The van der Waals surface area contributed by atoms with Crippen LogP contribution in [0.2, 0.25) is 0 Å². The SMILES string of the molecule is CCn1c(CC(=O)Nc2ccc(C)cc2C)nnc1SCC(=O)Nc1ccc(F)c(F)c1. The number of halogens is 2. The Hall–Kier alpha value is -3.27. The van der Waals surface area contributed by atoms with Crippen molar-refractivity contribution in [2.24, 2.45) is 0 Å². The summed E-state index contributed by atoms with van der Waals surface area (Å²) in [5.74, 6) is -2.16. The molecule has 2 N–H and O–H groups in total. The van der Waals surface area contributed by atoms with Gasteiger partial charge in [0.2, 0.25) is 11.8 Å². The highest BCUT2D eigenvalue weighted by Gasteiger charge is 2.17. The van der Waals surface area contributed by atoms with Crippen molar-refractivity contribution in [1.29, 1.82) is 0 Å². The van der Waals surface area contributed by atoms with E-state index in [4.69, 9.17) is 0 Å². The molecule has 0 aliphatic rings. The van der Waals surface area contributed by atoms with Gasteiger partial charge < -0.3 is 15.2 Å². The Balaban J connectivity index is 1.59. The smallest absolute Gasteiger partial charge is 0.234 e. The molecular formula is C22H23F2N5O2S. The molecule has 0 unspecified atom stereocenters. The highest BCUT2D eigenvalue weighted by atomic mass is 32.2. The molecule has 10 heteroatoms. The van der Waals surface area contributed by atoms with Crippen molar-refractivity contribution in [2.75, 3.05) is 16.4 Å². The number of nitrogens with one attached hydrogen (secondary N) is 2. The number of carbonyl (C=O) groups is 2. The van der Waals surface area contributed by atoms with Crippen LogP contribution in [-0.4, -0.2) is 32.3 Å². The summed E-state index contributed by atoms with van der Waals surface area (Å²) in [4.78, 5) is 24.7. The third-order valence-electron chi connectivity index (χ3n) is 4.62. The van der Waals surface area contributed by atoms with Crippen LogP contribution in [0, 0.1) is 25.5 Å². The Morgan fingerprint density at radius 2 is 1.78 bits per heavy atom. The number of hydrogen-bond donors (Lipinski definition) is 2. The van der Waals surface area contributed by atoms with Crippen molar-refractivity contribution in [3.8, 4) is 0 Å². The topological polar surface area (TPSA) is 88.9 Å². The summed E-state index contributed by atoms with van der Waals surface area (Å²) in [5, 5.41) is 14.1. The first-order chi connectivity index (χ1) is 15.3. The fraction of sp³-hybridized carbons (Fsp3) is 0.273. The van der Waals surface area contributed by atoms with Gasteiger partial charge in [0.25, 0.3) is 0 Å². The standard InChI is InChI=1S/C22H23F2N5O2S/c1-4-29-19(11-20(30)26-18-8-5-13(2)9-14(18)3)27-28-22(29)32-12-21(31)25-15-6-7-16(23)17(24)10-15/h5-10H,4,11-12H2,1-3H3,(H,25,31)(H,26,30). The van der Waals surface area contributed by atoms with Gasteiger partial charge in [-0.15, -0.1) is 10.2 Å². The molecule has 1 aromatic heterocycles. The van der Waals surface area contributed by atoms with Crippen molar-refractivity contribution >= 4 is 35.0 Å². The summed E-state index contributed by atoms with van der Waals surface area (Å²) < 4.78 is 28.0. The highest BCUT2D eigenvalue weighted by molar-refractivity contribution is 7.99. The monoisotopic (exact) mass is 459 g/mol. The average molecular weight is 460 g/mol. The summed E-state index contributed by atoms with van der Waals surface area (Å²) in [7, 11) is 0. The van der Waals surface area contributed by atoms with Gasteiger partial charge >= 0.3 is 0 Å². The molecule has 0 saturated carbocycles. The molecule has 0 saturated heterocycles. The van der Waals surface area contributed by atoms with Gasteiger partial charge in [-0.05, 0) is 44.5 Å². The first-order valence-electron chi connectivity index (χ1n) is 9.93. The van der Waals surface area contributed by atoms with Crippen molar-refractivity contribution in [3.63, 3.8) is 0 Å². The third-order valence-corrected chi connectivity index (χ3v) is 5.59. The van der Waals surface area contributed by atoms with Gasteiger partial charge in [-0.25, -0.2) is 8.78 Å². The second-order valence-electron chi connectivity index (χ2n) is 7.15. The van der Waals surface area contributed by atoms with Gasteiger partial charge in [0.15, 0.2) is 16.8 Å². The number of amides is 2. The van der Waals surface area contributed by atoms with Crippen LogP contribution in [0.15, 0.2) is 41.6 Å². The van der Waals surface area contributed by atoms with Gasteiger partial charge in [0.1, 0.15) is 5.82 Å². The fourth-order valence-electron chi connectivity index (χ4n) is 3.07. The van der Waals surface area contributed by atoms with Crippen LogP contribution in [-0.2, 0) is 22.6 Å². The number of thioether (sulfide) groups is 1. The van der Waals surface area contributed by atoms with E-state index in [-0.39, 0.29) is 23.8 Å². The molecule has 2 amide bonds. The lowest BCUT2D eigenvalue weighted by molar-refractivity contribution is -0.116. The van der Waals surface area contributed by atoms with Gasteiger partial charge in [-0.3, -0.25) is 9.59 Å². The van der Waals surface area contributed by atoms with E-state index >= 15 is 0 Å². The lowest BCUT2D eigenvalue weighted by atomic mass is 10.1. The lowest BCUT2D eigenvalue weighted by Crippen LogP contribution is -2.18. The second-order valence-corrected chi connectivity index (χ2v) is 8.09. The van der Waals surface area contributed by atoms with E-state index in [0.29, 0.717) is 17.5 Å². The number of hydrogen-bond acceptors (Lipinski definition) is 5. The third kappa shape index (κ3) is 5.91. The Kier molecular flexibility index (Phi) is 7.57. The van der Waals surface area contributed by atoms with Crippen LogP contribution in [0.5, 0.6) is 0 Å². The zero-order chi connectivity index (χ0) is 23.3. The number of nitrogens with zero attached hydrogens (tertiary/aromatic N) is 3. The normalized spacial score (nSPS) is 10.8. The number of benzene rings is 2. The molecule has 168 valence electrons. The summed E-state index contributed by atoms with van der Waals surface area (Å²) in [6, 6.07) is 8.92. The maximum atomic E-state index is 13.3.